The van der Waals surface area contributed by atoms with Gasteiger partial charge >= 0.3 is 0 Å². The maximum absolute atomic E-state index is 12.8. The van der Waals surface area contributed by atoms with Gasteiger partial charge in [0.25, 0.3) is 0 Å². The predicted octanol–water partition coefficient (Wildman–Crippen LogP) is 3.98. The molecule has 6 heteroatoms. The number of carbonyl (C=O) groups excluding carboxylic acids is 1. The predicted molar refractivity (Wildman–Crippen MR) is 109 cm³/mol. The number of rotatable bonds is 4. The van der Waals surface area contributed by atoms with Crippen LogP contribution in [0.4, 0.5) is 11.5 Å². The minimum atomic E-state index is 0.147. The lowest BCUT2D eigenvalue weighted by molar-refractivity contribution is -0.123. The number of ether oxygens (including phenoxy) is 1. The SMILES string of the molecule is O=C(CC12C[C@H]3C[C@@H](CC(Br)(C3)C1)C2)Nc1ccc(N2CCOCC2)nc1. The zero-order valence-corrected chi connectivity index (χ0v) is 17.3. The fraction of sp³-hybridized carbons (Fsp3) is 0.714. The fourth-order valence-corrected chi connectivity index (χ4v) is 8.04. The summed E-state index contributed by atoms with van der Waals surface area (Å²) in [4.78, 5) is 19.6. The molecule has 4 saturated carbocycles. The van der Waals surface area contributed by atoms with E-state index in [4.69, 9.17) is 4.74 Å². The Balaban J connectivity index is 1.22. The van der Waals surface area contributed by atoms with Gasteiger partial charge in [0, 0.05) is 23.8 Å². The highest BCUT2D eigenvalue weighted by Crippen LogP contribution is 2.65. The van der Waals surface area contributed by atoms with Crippen molar-refractivity contribution < 1.29 is 9.53 Å². The van der Waals surface area contributed by atoms with Crippen LogP contribution < -0.4 is 10.2 Å². The number of alkyl halides is 1. The van der Waals surface area contributed by atoms with E-state index in [1.807, 2.05) is 12.1 Å². The van der Waals surface area contributed by atoms with E-state index >= 15 is 0 Å². The van der Waals surface area contributed by atoms with E-state index in [1.165, 1.54) is 32.1 Å². The quantitative estimate of drug-likeness (QED) is 0.729. The number of nitrogens with zero attached hydrogens (tertiary/aromatic N) is 2. The summed E-state index contributed by atoms with van der Waals surface area (Å²) in [6, 6.07) is 3.97. The minimum Gasteiger partial charge on any atom is -0.378 e. The molecule has 4 aliphatic carbocycles. The lowest BCUT2D eigenvalue weighted by Crippen LogP contribution is -2.53. The summed E-state index contributed by atoms with van der Waals surface area (Å²) in [5, 5.41) is 3.10. The summed E-state index contributed by atoms with van der Waals surface area (Å²) in [6.45, 7) is 3.24. The number of morpholine rings is 1. The maximum atomic E-state index is 12.8. The van der Waals surface area contributed by atoms with Gasteiger partial charge in [-0.2, -0.15) is 0 Å². The van der Waals surface area contributed by atoms with Crippen molar-refractivity contribution in [2.75, 3.05) is 36.5 Å². The van der Waals surface area contributed by atoms with Crippen LogP contribution in [0.5, 0.6) is 0 Å². The van der Waals surface area contributed by atoms with Gasteiger partial charge in [0.15, 0.2) is 0 Å². The fourth-order valence-electron chi connectivity index (χ4n) is 6.53. The van der Waals surface area contributed by atoms with Crippen LogP contribution in [0.15, 0.2) is 18.3 Å². The van der Waals surface area contributed by atoms with Gasteiger partial charge in [-0.1, -0.05) is 15.9 Å². The highest BCUT2D eigenvalue weighted by atomic mass is 79.9. The van der Waals surface area contributed by atoms with E-state index in [0.29, 0.717) is 10.7 Å². The summed E-state index contributed by atoms with van der Waals surface area (Å²) in [6.07, 6.45) is 10.1. The van der Waals surface area contributed by atoms with Crippen LogP contribution >= 0.6 is 15.9 Å². The summed E-state index contributed by atoms with van der Waals surface area (Å²) in [5.41, 5.74) is 1.01. The van der Waals surface area contributed by atoms with Gasteiger partial charge in [-0.15, -0.1) is 0 Å². The Labute approximate surface area is 169 Å². The van der Waals surface area contributed by atoms with Crippen LogP contribution in [-0.4, -0.2) is 41.5 Å². The van der Waals surface area contributed by atoms with E-state index in [1.54, 1.807) is 6.20 Å². The topological polar surface area (TPSA) is 54.5 Å². The molecule has 0 spiro atoms. The number of hydrogen-bond acceptors (Lipinski definition) is 4. The molecule has 2 atom stereocenters. The Bertz CT molecular complexity index is 703. The third-order valence-electron chi connectivity index (χ3n) is 7.01. The maximum Gasteiger partial charge on any atom is 0.224 e. The van der Waals surface area contributed by atoms with Gasteiger partial charge in [-0.3, -0.25) is 4.79 Å². The zero-order chi connectivity index (χ0) is 18.5. The second kappa shape index (κ2) is 6.73. The van der Waals surface area contributed by atoms with Crippen molar-refractivity contribution in [3.05, 3.63) is 18.3 Å². The third-order valence-corrected chi connectivity index (χ3v) is 7.94. The number of carbonyl (C=O) groups is 1. The average molecular weight is 434 g/mol. The Morgan fingerprint density at radius 1 is 1.22 bits per heavy atom. The standard InChI is InChI=1S/C21H28BrN3O2/c22-21-10-15-7-16(11-21)9-20(8-15,14-21)12-19(26)24-17-1-2-18(23-13-17)25-3-5-27-6-4-25/h1-2,13,15-16H,3-12,14H2,(H,24,26)/t15-,16-,20?,21?/m1/s1. The van der Waals surface area contributed by atoms with Gasteiger partial charge < -0.3 is 15.0 Å². The number of nitrogens with one attached hydrogen (secondary N) is 1. The first-order valence-electron chi connectivity index (χ1n) is 10.3. The normalized spacial score (nSPS) is 37.4. The highest BCUT2D eigenvalue weighted by Gasteiger charge is 2.57. The molecule has 6 rings (SSSR count). The molecule has 2 heterocycles. The van der Waals surface area contributed by atoms with Crippen molar-refractivity contribution in [2.24, 2.45) is 17.3 Å². The number of pyridine rings is 1. The highest BCUT2D eigenvalue weighted by molar-refractivity contribution is 9.10. The van der Waals surface area contributed by atoms with Crippen molar-refractivity contribution in [2.45, 2.75) is 49.3 Å². The van der Waals surface area contributed by atoms with Gasteiger partial charge in [-0.25, -0.2) is 4.98 Å². The number of halogens is 1. The molecular weight excluding hydrogens is 406 g/mol. The average Bonchev–Trinajstić information content (AvgIpc) is 2.60. The molecule has 5 fully saturated rings. The molecule has 1 aromatic rings. The van der Waals surface area contributed by atoms with Crippen molar-refractivity contribution >= 4 is 33.3 Å². The van der Waals surface area contributed by atoms with E-state index in [9.17, 15) is 4.79 Å². The summed E-state index contributed by atoms with van der Waals surface area (Å²) in [5.74, 6) is 2.73. The van der Waals surface area contributed by atoms with E-state index in [0.717, 1.165) is 56.1 Å². The number of hydrogen-bond donors (Lipinski definition) is 1. The molecule has 0 unspecified atom stereocenters. The Morgan fingerprint density at radius 3 is 2.59 bits per heavy atom. The van der Waals surface area contributed by atoms with Crippen molar-refractivity contribution in [1.82, 2.24) is 4.98 Å². The monoisotopic (exact) mass is 433 g/mol. The number of anilines is 2. The molecule has 5 nitrogen and oxygen atoms in total. The molecular formula is C21H28BrN3O2. The molecule has 0 aromatic carbocycles. The third kappa shape index (κ3) is 3.63. The van der Waals surface area contributed by atoms with Crippen molar-refractivity contribution in [3.63, 3.8) is 0 Å². The molecule has 1 amide bonds. The lowest BCUT2D eigenvalue weighted by Gasteiger charge is -2.60. The Hall–Kier alpha value is -1.14. The first kappa shape index (κ1) is 17.9. The van der Waals surface area contributed by atoms with E-state index in [-0.39, 0.29) is 11.3 Å². The van der Waals surface area contributed by atoms with Gasteiger partial charge in [0.05, 0.1) is 25.1 Å². The first-order chi connectivity index (χ1) is 13.0. The molecule has 1 N–H and O–H groups in total. The first-order valence-corrected chi connectivity index (χ1v) is 11.1. The second-order valence-electron chi connectivity index (χ2n) is 9.34. The Morgan fingerprint density at radius 2 is 1.96 bits per heavy atom. The van der Waals surface area contributed by atoms with Crippen LogP contribution in [0.3, 0.4) is 0 Å². The molecule has 0 radical (unpaired) electrons. The summed E-state index contributed by atoms with van der Waals surface area (Å²) < 4.78 is 5.69. The molecule has 1 saturated heterocycles. The van der Waals surface area contributed by atoms with Crippen LogP contribution in [0.2, 0.25) is 0 Å². The molecule has 146 valence electrons. The minimum absolute atomic E-state index is 0.147. The second-order valence-corrected chi connectivity index (χ2v) is 11.0. The van der Waals surface area contributed by atoms with E-state index in [2.05, 4.69) is 31.1 Å². The Kier molecular flexibility index (Phi) is 4.47. The molecule has 5 aliphatic rings. The van der Waals surface area contributed by atoms with Crippen LogP contribution in [0.1, 0.15) is 44.9 Å². The van der Waals surface area contributed by atoms with E-state index < -0.39 is 0 Å². The molecule has 1 aliphatic heterocycles. The summed E-state index contributed by atoms with van der Waals surface area (Å²) in [7, 11) is 0. The van der Waals surface area contributed by atoms with Crippen molar-refractivity contribution in [1.29, 1.82) is 0 Å². The van der Waals surface area contributed by atoms with Gasteiger partial charge in [0.1, 0.15) is 5.82 Å². The molecule has 4 bridgehead atoms. The van der Waals surface area contributed by atoms with Gasteiger partial charge in [-0.05, 0) is 67.9 Å². The largest absolute Gasteiger partial charge is 0.378 e. The number of aromatic nitrogens is 1. The molecule has 1 aromatic heterocycles. The van der Waals surface area contributed by atoms with Gasteiger partial charge in [0.2, 0.25) is 5.91 Å². The van der Waals surface area contributed by atoms with Crippen LogP contribution in [0.25, 0.3) is 0 Å². The smallest absolute Gasteiger partial charge is 0.224 e. The zero-order valence-electron chi connectivity index (χ0n) is 15.8. The van der Waals surface area contributed by atoms with Crippen LogP contribution in [-0.2, 0) is 9.53 Å². The summed E-state index contributed by atoms with van der Waals surface area (Å²) >= 11 is 4.04. The van der Waals surface area contributed by atoms with Crippen LogP contribution in [0, 0.1) is 17.3 Å². The number of amides is 1. The molecule has 27 heavy (non-hydrogen) atoms. The lowest BCUT2D eigenvalue weighted by atomic mass is 9.48. The van der Waals surface area contributed by atoms with Crippen molar-refractivity contribution in [3.8, 4) is 0 Å².